The number of aliphatic hydroxyl groups is 2. The lowest BCUT2D eigenvalue weighted by molar-refractivity contribution is -0.127. The summed E-state index contributed by atoms with van der Waals surface area (Å²) >= 11 is 0. The average Bonchev–Trinajstić information content (AvgIpc) is 2.80. The first-order chi connectivity index (χ1) is 16.2. The monoisotopic (exact) mass is 456 g/mol. The molecule has 2 amide bonds. The second-order valence-corrected chi connectivity index (χ2v) is 8.00. The Bertz CT molecular complexity index is 1310. The Morgan fingerprint density at radius 1 is 0.765 bits per heavy atom. The van der Waals surface area contributed by atoms with E-state index in [0.29, 0.717) is 33.8 Å². The van der Waals surface area contributed by atoms with Gasteiger partial charge in [0.1, 0.15) is 0 Å². The van der Waals surface area contributed by atoms with Gasteiger partial charge in [-0.05, 0) is 65.7 Å². The number of allylic oxidation sites excluding steroid dienone is 2. The lowest BCUT2D eigenvalue weighted by Crippen LogP contribution is -2.41. The third-order valence-electron chi connectivity index (χ3n) is 5.38. The van der Waals surface area contributed by atoms with Gasteiger partial charge < -0.3 is 32.3 Å². The molecule has 8 N–H and O–H groups in total. The quantitative estimate of drug-likeness (QED) is 0.257. The number of hydrogen-bond donors (Lipinski definition) is 6. The Balaban J connectivity index is 1.47. The van der Waals surface area contributed by atoms with Gasteiger partial charge in [-0.1, -0.05) is 30.3 Å². The molecule has 1 aliphatic rings. The molecule has 8 nitrogen and oxygen atoms in total. The maximum absolute atomic E-state index is 12.5. The summed E-state index contributed by atoms with van der Waals surface area (Å²) in [4.78, 5) is 24.8. The first-order valence-corrected chi connectivity index (χ1v) is 10.5. The van der Waals surface area contributed by atoms with Gasteiger partial charge in [0.05, 0.1) is 5.70 Å². The van der Waals surface area contributed by atoms with Gasteiger partial charge in [-0.15, -0.1) is 0 Å². The Labute approximate surface area is 196 Å². The highest BCUT2D eigenvalue weighted by Gasteiger charge is 2.34. The standard InChI is InChI=1S/C26H24N4O4/c27-20-5-1-3-17(13-20)24(31)29-22-10-7-16(8-11-22)19-9-12-23(26(33,34)15-19)30-25(32)18-4-2-6-21(28)14-18/h1-14,33-34H,15,27-28H2,(H,29,31)(H,30,32). The molecule has 34 heavy (non-hydrogen) atoms. The van der Waals surface area contributed by atoms with Crippen LogP contribution in [0.4, 0.5) is 17.1 Å². The Hall–Kier alpha value is -4.40. The summed E-state index contributed by atoms with van der Waals surface area (Å²) in [5, 5.41) is 26.5. The lowest BCUT2D eigenvalue weighted by Gasteiger charge is -2.29. The maximum Gasteiger partial charge on any atom is 0.255 e. The Morgan fingerprint density at radius 3 is 1.85 bits per heavy atom. The van der Waals surface area contributed by atoms with Crippen LogP contribution in [-0.2, 0) is 0 Å². The topological polar surface area (TPSA) is 151 Å². The molecule has 0 fully saturated rings. The molecular weight excluding hydrogens is 432 g/mol. The number of rotatable bonds is 5. The van der Waals surface area contributed by atoms with Crippen molar-refractivity contribution in [1.29, 1.82) is 0 Å². The third-order valence-corrected chi connectivity index (χ3v) is 5.38. The number of carbonyl (C=O) groups is 2. The van der Waals surface area contributed by atoms with Crippen molar-refractivity contribution < 1.29 is 19.8 Å². The normalized spacial score (nSPS) is 14.5. The fourth-order valence-corrected chi connectivity index (χ4v) is 3.60. The predicted octanol–water partition coefficient (Wildman–Crippen LogP) is 2.89. The van der Waals surface area contributed by atoms with Crippen molar-refractivity contribution in [1.82, 2.24) is 5.32 Å². The highest BCUT2D eigenvalue weighted by Crippen LogP contribution is 2.32. The van der Waals surface area contributed by atoms with Gasteiger partial charge in [-0.25, -0.2) is 0 Å². The number of nitrogen functional groups attached to an aromatic ring is 2. The first-order valence-electron chi connectivity index (χ1n) is 10.5. The van der Waals surface area contributed by atoms with Crippen LogP contribution in [-0.4, -0.2) is 27.8 Å². The van der Waals surface area contributed by atoms with Crippen molar-refractivity contribution >= 4 is 34.4 Å². The molecule has 1 aliphatic carbocycles. The van der Waals surface area contributed by atoms with Gasteiger partial charge in [-0.2, -0.15) is 0 Å². The molecular formula is C26H24N4O4. The van der Waals surface area contributed by atoms with E-state index in [-0.39, 0.29) is 18.0 Å². The second-order valence-electron chi connectivity index (χ2n) is 8.00. The molecule has 0 saturated heterocycles. The molecule has 3 aromatic rings. The zero-order chi connectivity index (χ0) is 24.3. The van der Waals surface area contributed by atoms with Gasteiger partial charge >= 0.3 is 0 Å². The van der Waals surface area contributed by atoms with Gasteiger partial charge in [0.2, 0.25) is 5.79 Å². The zero-order valence-corrected chi connectivity index (χ0v) is 18.2. The number of carbonyl (C=O) groups excluding carboxylic acids is 2. The summed E-state index contributed by atoms with van der Waals surface area (Å²) in [6.07, 6.45) is 3.03. The summed E-state index contributed by atoms with van der Waals surface area (Å²) in [6, 6.07) is 20.0. The van der Waals surface area contributed by atoms with E-state index < -0.39 is 11.7 Å². The van der Waals surface area contributed by atoms with Gasteiger partial charge in [0, 0.05) is 34.6 Å². The Kier molecular flexibility index (Phi) is 6.18. The summed E-state index contributed by atoms with van der Waals surface area (Å²) in [5.74, 6) is -3.05. The van der Waals surface area contributed by atoms with Crippen LogP contribution in [0.5, 0.6) is 0 Å². The Morgan fingerprint density at radius 2 is 1.32 bits per heavy atom. The van der Waals surface area contributed by atoms with Crippen molar-refractivity contribution in [3.63, 3.8) is 0 Å². The first kappa shape index (κ1) is 22.8. The van der Waals surface area contributed by atoms with Gasteiger partial charge in [0.25, 0.3) is 11.8 Å². The van der Waals surface area contributed by atoms with E-state index in [2.05, 4.69) is 10.6 Å². The van der Waals surface area contributed by atoms with E-state index in [0.717, 1.165) is 5.56 Å². The highest BCUT2D eigenvalue weighted by molar-refractivity contribution is 6.04. The molecule has 0 radical (unpaired) electrons. The van der Waals surface area contributed by atoms with Crippen molar-refractivity contribution in [2.24, 2.45) is 0 Å². The van der Waals surface area contributed by atoms with Crippen molar-refractivity contribution in [2.45, 2.75) is 12.2 Å². The minimum atomic E-state index is -2.26. The largest absolute Gasteiger partial charge is 0.399 e. The molecule has 0 aromatic heterocycles. The van der Waals surface area contributed by atoms with E-state index >= 15 is 0 Å². The van der Waals surface area contributed by atoms with Gasteiger partial charge in [-0.3, -0.25) is 9.59 Å². The summed E-state index contributed by atoms with van der Waals surface area (Å²) in [6.45, 7) is 0. The summed E-state index contributed by atoms with van der Waals surface area (Å²) < 4.78 is 0. The minimum absolute atomic E-state index is 0.0327. The van der Waals surface area contributed by atoms with Gasteiger partial charge in [0.15, 0.2) is 0 Å². The van der Waals surface area contributed by atoms with E-state index in [1.54, 1.807) is 72.8 Å². The number of nitrogens with one attached hydrogen (secondary N) is 2. The molecule has 8 heteroatoms. The highest BCUT2D eigenvalue weighted by atomic mass is 16.5. The van der Waals surface area contributed by atoms with Crippen LogP contribution >= 0.6 is 0 Å². The number of hydrogen-bond acceptors (Lipinski definition) is 6. The van der Waals surface area contributed by atoms with Crippen LogP contribution in [0.1, 0.15) is 32.7 Å². The minimum Gasteiger partial charge on any atom is -0.399 e. The second kappa shape index (κ2) is 9.22. The molecule has 0 spiro atoms. The van der Waals surface area contributed by atoms with E-state index in [9.17, 15) is 19.8 Å². The molecule has 0 unspecified atom stereocenters. The smallest absolute Gasteiger partial charge is 0.255 e. The fraction of sp³-hybridized carbons (Fsp3) is 0.0769. The van der Waals surface area contributed by atoms with Crippen molar-refractivity contribution in [2.75, 3.05) is 16.8 Å². The molecule has 172 valence electrons. The van der Waals surface area contributed by atoms with E-state index in [1.807, 2.05) is 0 Å². The molecule has 4 rings (SSSR count). The predicted molar refractivity (Wildman–Crippen MR) is 131 cm³/mol. The number of nitrogens with two attached hydrogens (primary N) is 2. The summed E-state index contributed by atoms with van der Waals surface area (Å²) in [5.41, 5.74) is 15.1. The molecule has 0 heterocycles. The lowest BCUT2D eigenvalue weighted by atomic mass is 9.91. The van der Waals surface area contributed by atoms with Crippen LogP contribution in [0.15, 0.2) is 90.6 Å². The average molecular weight is 457 g/mol. The molecule has 0 aliphatic heterocycles. The third kappa shape index (κ3) is 5.15. The molecule has 0 saturated carbocycles. The number of benzene rings is 3. The van der Waals surface area contributed by atoms with Crippen LogP contribution in [0, 0.1) is 0 Å². The fourth-order valence-electron chi connectivity index (χ4n) is 3.60. The zero-order valence-electron chi connectivity index (χ0n) is 18.2. The maximum atomic E-state index is 12.5. The van der Waals surface area contributed by atoms with Crippen LogP contribution < -0.4 is 22.1 Å². The summed E-state index contributed by atoms with van der Waals surface area (Å²) in [7, 11) is 0. The molecule has 3 aromatic carbocycles. The SMILES string of the molecule is Nc1cccc(C(=O)NC2=CC=C(c3ccc(NC(=O)c4cccc(N)c4)cc3)CC2(O)O)c1. The van der Waals surface area contributed by atoms with Crippen LogP contribution in [0.2, 0.25) is 0 Å². The van der Waals surface area contributed by atoms with Crippen molar-refractivity contribution in [3.05, 3.63) is 107 Å². The van der Waals surface area contributed by atoms with Crippen LogP contribution in [0.3, 0.4) is 0 Å². The van der Waals surface area contributed by atoms with E-state index in [4.69, 9.17) is 11.5 Å². The molecule has 0 bridgehead atoms. The molecule has 0 atom stereocenters. The number of amides is 2. The van der Waals surface area contributed by atoms with E-state index in [1.165, 1.54) is 12.1 Å². The van der Waals surface area contributed by atoms with Crippen LogP contribution in [0.25, 0.3) is 5.57 Å². The number of anilines is 3. The van der Waals surface area contributed by atoms with Crippen molar-refractivity contribution in [3.8, 4) is 0 Å².